The van der Waals surface area contributed by atoms with Crippen molar-refractivity contribution in [3.63, 3.8) is 0 Å². The first-order valence-corrected chi connectivity index (χ1v) is 6.13. The van der Waals surface area contributed by atoms with Crippen LogP contribution in [0.25, 0.3) is 0 Å². The molecule has 0 heterocycles. The van der Waals surface area contributed by atoms with E-state index in [1.807, 2.05) is 0 Å². The van der Waals surface area contributed by atoms with E-state index in [1.165, 1.54) is 25.7 Å². The summed E-state index contributed by atoms with van der Waals surface area (Å²) in [6, 6.07) is 0. The van der Waals surface area contributed by atoms with Gasteiger partial charge in [0.05, 0.1) is 6.10 Å². The minimum Gasteiger partial charge on any atom is -0.390 e. The summed E-state index contributed by atoms with van der Waals surface area (Å²) in [5.41, 5.74) is 0. The second-order valence-corrected chi connectivity index (χ2v) is 4.49. The zero-order chi connectivity index (χ0) is 10.2. The molecule has 0 aromatic heterocycles. The number of halogens is 1. The Morgan fingerprint density at radius 1 is 0.714 bits per heavy atom. The zero-order valence-corrected chi connectivity index (χ0v) is 9.05. The van der Waals surface area contributed by atoms with Crippen LogP contribution < -0.4 is 0 Å². The van der Waals surface area contributed by atoms with E-state index >= 15 is 0 Å². The van der Waals surface area contributed by atoms with Gasteiger partial charge in [0.25, 0.3) is 0 Å². The molecule has 0 radical (unpaired) electrons. The van der Waals surface area contributed by atoms with Crippen molar-refractivity contribution in [1.29, 1.82) is 0 Å². The Kier molecular flexibility index (Phi) is 6.17. The quantitative estimate of drug-likeness (QED) is 0.636. The Labute approximate surface area is 86.7 Å². The first-order chi connectivity index (χ1) is 6.80. The van der Waals surface area contributed by atoms with Crippen LogP contribution in [0.3, 0.4) is 0 Å². The molecule has 2 atom stereocenters. The lowest BCUT2D eigenvalue weighted by molar-refractivity contribution is 0.0617. The van der Waals surface area contributed by atoms with Gasteiger partial charge in [-0.3, -0.25) is 0 Å². The second-order valence-electron chi connectivity index (χ2n) is 4.49. The van der Waals surface area contributed by atoms with Gasteiger partial charge >= 0.3 is 0 Å². The van der Waals surface area contributed by atoms with Gasteiger partial charge in [-0.1, -0.05) is 51.4 Å². The number of alkyl halides is 1. The largest absolute Gasteiger partial charge is 0.390 e. The van der Waals surface area contributed by atoms with Crippen LogP contribution in [0.15, 0.2) is 0 Å². The van der Waals surface area contributed by atoms with Gasteiger partial charge in [0.15, 0.2) is 0 Å². The summed E-state index contributed by atoms with van der Waals surface area (Å²) in [5.74, 6) is 0. The van der Waals surface area contributed by atoms with Crippen LogP contribution in [-0.4, -0.2) is 17.4 Å². The van der Waals surface area contributed by atoms with E-state index < -0.39 is 12.3 Å². The summed E-state index contributed by atoms with van der Waals surface area (Å²) in [4.78, 5) is 0. The topological polar surface area (TPSA) is 20.2 Å². The van der Waals surface area contributed by atoms with Crippen LogP contribution in [0, 0.1) is 0 Å². The molecule has 1 saturated carbocycles. The predicted octanol–water partition coefficient (Wildman–Crippen LogP) is 3.60. The molecule has 1 rings (SSSR count). The zero-order valence-electron chi connectivity index (χ0n) is 9.05. The maximum absolute atomic E-state index is 13.3. The highest BCUT2D eigenvalue weighted by atomic mass is 19.1. The molecule has 1 N–H and O–H groups in total. The lowest BCUT2D eigenvalue weighted by atomic mass is 9.98. The standard InChI is InChI=1S/C12H23FO/c13-11-9-7-5-3-1-2-4-6-8-10-12(11)14/h11-12,14H,1-10H2. The first-order valence-electron chi connectivity index (χ1n) is 6.13. The predicted molar refractivity (Wildman–Crippen MR) is 57.1 cm³/mol. The molecule has 0 aliphatic heterocycles. The molecule has 1 nitrogen and oxygen atoms in total. The van der Waals surface area contributed by atoms with Crippen LogP contribution >= 0.6 is 0 Å². The Bertz CT molecular complexity index is 122. The average Bonchev–Trinajstić information content (AvgIpc) is 2.18. The monoisotopic (exact) mass is 202 g/mol. The molecule has 84 valence electrons. The molecule has 0 saturated heterocycles. The molecule has 0 spiro atoms. The van der Waals surface area contributed by atoms with Crippen molar-refractivity contribution in [3.8, 4) is 0 Å². The van der Waals surface area contributed by atoms with Crippen molar-refractivity contribution in [2.75, 3.05) is 0 Å². The van der Waals surface area contributed by atoms with Crippen LogP contribution in [0.1, 0.15) is 64.2 Å². The van der Waals surface area contributed by atoms with Crippen molar-refractivity contribution in [1.82, 2.24) is 0 Å². The number of aliphatic hydroxyl groups is 1. The van der Waals surface area contributed by atoms with Crippen LogP contribution in [-0.2, 0) is 0 Å². The number of aliphatic hydroxyl groups excluding tert-OH is 1. The van der Waals surface area contributed by atoms with Crippen LogP contribution in [0.5, 0.6) is 0 Å². The van der Waals surface area contributed by atoms with Crippen molar-refractivity contribution in [3.05, 3.63) is 0 Å². The highest BCUT2D eigenvalue weighted by molar-refractivity contribution is 4.68. The van der Waals surface area contributed by atoms with E-state index in [4.69, 9.17) is 0 Å². The molecular formula is C12H23FO. The van der Waals surface area contributed by atoms with Gasteiger partial charge < -0.3 is 5.11 Å². The van der Waals surface area contributed by atoms with Crippen molar-refractivity contribution in [2.45, 2.75) is 76.5 Å². The minimum absolute atomic E-state index is 0.557. The number of hydrogen-bond acceptors (Lipinski definition) is 1. The Morgan fingerprint density at radius 3 is 1.71 bits per heavy atom. The minimum atomic E-state index is -0.977. The highest BCUT2D eigenvalue weighted by Crippen LogP contribution is 2.18. The van der Waals surface area contributed by atoms with Crippen molar-refractivity contribution in [2.24, 2.45) is 0 Å². The molecular weight excluding hydrogens is 179 g/mol. The van der Waals surface area contributed by atoms with Gasteiger partial charge in [-0.25, -0.2) is 4.39 Å². The average molecular weight is 202 g/mol. The maximum atomic E-state index is 13.3. The summed E-state index contributed by atoms with van der Waals surface area (Å²) >= 11 is 0. The third kappa shape index (κ3) is 4.94. The molecule has 0 bridgehead atoms. The van der Waals surface area contributed by atoms with E-state index in [1.54, 1.807) is 0 Å². The van der Waals surface area contributed by atoms with Gasteiger partial charge in [-0.05, 0) is 12.8 Å². The van der Waals surface area contributed by atoms with Gasteiger partial charge in [-0.15, -0.1) is 0 Å². The molecule has 0 amide bonds. The fraction of sp³-hybridized carbons (Fsp3) is 1.00. The lowest BCUT2D eigenvalue weighted by Crippen LogP contribution is -2.21. The summed E-state index contributed by atoms with van der Waals surface area (Å²) in [7, 11) is 0. The molecule has 14 heavy (non-hydrogen) atoms. The van der Waals surface area contributed by atoms with Gasteiger partial charge in [-0.2, -0.15) is 0 Å². The summed E-state index contributed by atoms with van der Waals surface area (Å²) < 4.78 is 13.3. The molecule has 1 aliphatic carbocycles. The van der Waals surface area contributed by atoms with E-state index in [-0.39, 0.29) is 0 Å². The van der Waals surface area contributed by atoms with Crippen LogP contribution in [0.4, 0.5) is 4.39 Å². The highest BCUT2D eigenvalue weighted by Gasteiger charge is 2.17. The third-order valence-electron chi connectivity index (χ3n) is 3.15. The second kappa shape index (κ2) is 7.22. The number of hydrogen-bond donors (Lipinski definition) is 1. The summed E-state index contributed by atoms with van der Waals surface area (Å²) in [5, 5.41) is 9.49. The van der Waals surface area contributed by atoms with Gasteiger partial charge in [0.2, 0.25) is 0 Å². The summed E-state index contributed by atoms with van der Waals surface area (Å²) in [6.45, 7) is 0. The molecule has 0 aromatic rings. The smallest absolute Gasteiger partial charge is 0.126 e. The van der Waals surface area contributed by atoms with E-state index in [0.29, 0.717) is 12.8 Å². The van der Waals surface area contributed by atoms with Crippen molar-refractivity contribution >= 4 is 0 Å². The maximum Gasteiger partial charge on any atom is 0.126 e. The van der Waals surface area contributed by atoms with E-state index in [9.17, 15) is 9.50 Å². The van der Waals surface area contributed by atoms with E-state index in [0.717, 1.165) is 25.7 Å². The molecule has 2 heteroatoms. The Hall–Kier alpha value is -0.110. The van der Waals surface area contributed by atoms with Crippen LogP contribution in [0.2, 0.25) is 0 Å². The molecule has 0 aromatic carbocycles. The first kappa shape index (κ1) is 12.0. The SMILES string of the molecule is OC1CCCCCCCCCCC1F. The van der Waals surface area contributed by atoms with Gasteiger partial charge in [0.1, 0.15) is 6.17 Å². The summed E-state index contributed by atoms with van der Waals surface area (Å²) in [6.07, 6.45) is 8.86. The molecule has 2 unspecified atom stereocenters. The van der Waals surface area contributed by atoms with E-state index in [2.05, 4.69) is 0 Å². The third-order valence-corrected chi connectivity index (χ3v) is 3.15. The Balaban J connectivity index is 2.23. The fourth-order valence-corrected chi connectivity index (χ4v) is 2.13. The molecule has 1 aliphatic rings. The normalized spacial score (nSPS) is 33.0. The van der Waals surface area contributed by atoms with Gasteiger partial charge in [0, 0.05) is 0 Å². The molecule has 1 fully saturated rings. The fourth-order valence-electron chi connectivity index (χ4n) is 2.13. The van der Waals surface area contributed by atoms with Crippen molar-refractivity contribution < 1.29 is 9.50 Å². The Morgan fingerprint density at radius 2 is 1.14 bits per heavy atom. The lowest BCUT2D eigenvalue weighted by Gasteiger charge is -2.16. The number of rotatable bonds is 0.